The van der Waals surface area contributed by atoms with Crippen LogP contribution in [0.15, 0.2) is 60.0 Å². The third-order valence-corrected chi connectivity index (χ3v) is 5.61. The maximum atomic E-state index is 12.4. The van der Waals surface area contributed by atoms with Crippen LogP contribution in [0, 0.1) is 0 Å². The Morgan fingerprint density at radius 1 is 1.06 bits per heavy atom. The van der Waals surface area contributed by atoms with Gasteiger partial charge in [0, 0.05) is 30.0 Å². The minimum Gasteiger partial charge on any atom is -0.497 e. The number of nitrogens with one attached hydrogen (secondary N) is 1. The van der Waals surface area contributed by atoms with E-state index >= 15 is 0 Å². The van der Waals surface area contributed by atoms with E-state index in [1.165, 1.54) is 11.8 Å². The first kappa shape index (κ1) is 22.4. The zero-order valence-electron chi connectivity index (χ0n) is 17.7. The number of thioether (sulfide) groups is 1. The van der Waals surface area contributed by atoms with Crippen molar-refractivity contribution in [3.63, 3.8) is 0 Å². The molecule has 0 saturated carbocycles. The molecule has 0 fully saturated rings. The monoisotopic (exact) mass is 439 g/mol. The van der Waals surface area contributed by atoms with Gasteiger partial charge in [-0.3, -0.25) is 14.2 Å². The Morgan fingerprint density at radius 2 is 1.74 bits per heavy atom. The van der Waals surface area contributed by atoms with Gasteiger partial charge in [-0.15, -0.1) is 10.2 Å². The summed E-state index contributed by atoms with van der Waals surface area (Å²) >= 11 is 1.29. The second-order valence-corrected chi connectivity index (χ2v) is 7.52. The summed E-state index contributed by atoms with van der Waals surface area (Å²) in [7, 11) is 1.62. The van der Waals surface area contributed by atoms with E-state index < -0.39 is 0 Å². The van der Waals surface area contributed by atoms with Crippen LogP contribution in [0.2, 0.25) is 0 Å². The minimum absolute atomic E-state index is 0.0173. The van der Waals surface area contributed by atoms with Crippen molar-refractivity contribution in [3.05, 3.63) is 60.4 Å². The second kappa shape index (κ2) is 10.6. The molecule has 0 aliphatic carbocycles. The fourth-order valence-corrected chi connectivity index (χ4v) is 3.69. The molecule has 2 amide bonds. The summed E-state index contributed by atoms with van der Waals surface area (Å²) in [6.07, 6.45) is 1.60. The SMILES string of the molecule is CCN(CC)C(=O)c1ccc(NC(=O)CSc2nncn2-c2ccc(OC)cc2)cc1. The van der Waals surface area contributed by atoms with E-state index in [0.717, 1.165) is 11.4 Å². The maximum absolute atomic E-state index is 12.4. The molecule has 0 aliphatic rings. The molecule has 0 unspecified atom stereocenters. The van der Waals surface area contributed by atoms with Gasteiger partial charge in [-0.2, -0.15) is 0 Å². The number of hydrogen-bond acceptors (Lipinski definition) is 6. The van der Waals surface area contributed by atoms with Crippen molar-refractivity contribution in [2.24, 2.45) is 0 Å². The van der Waals surface area contributed by atoms with Gasteiger partial charge >= 0.3 is 0 Å². The van der Waals surface area contributed by atoms with E-state index in [4.69, 9.17) is 4.74 Å². The van der Waals surface area contributed by atoms with Gasteiger partial charge in [-0.25, -0.2) is 0 Å². The summed E-state index contributed by atoms with van der Waals surface area (Å²) in [5.74, 6) is 0.748. The summed E-state index contributed by atoms with van der Waals surface area (Å²) in [5, 5.41) is 11.5. The maximum Gasteiger partial charge on any atom is 0.253 e. The molecular weight excluding hydrogens is 414 g/mol. The second-order valence-electron chi connectivity index (χ2n) is 6.57. The van der Waals surface area contributed by atoms with Gasteiger partial charge in [-0.05, 0) is 62.4 Å². The first-order valence-corrected chi connectivity index (χ1v) is 10.9. The van der Waals surface area contributed by atoms with Crippen LogP contribution in [0.1, 0.15) is 24.2 Å². The number of amides is 2. The molecule has 0 aliphatic heterocycles. The number of aromatic nitrogens is 3. The molecule has 1 aromatic heterocycles. The standard InChI is InChI=1S/C22H25N5O3S/c1-4-26(5-2)21(29)16-6-8-17(9-7-16)24-20(28)14-31-22-25-23-15-27(22)18-10-12-19(30-3)13-11-18/h6-13,15H,4-5,14H2,1-3H3,(H,24,28). The number of benzene rings is 2. The molecule has 0 bridgehead atoms. The summed E-state index contributed by atoms with van der Waals surface area (Å²) in [5.41, 5.74) is 2.11. The Hall–Kier alpha value is -3.33. The van der Waals surface area contributed by atoms with Gasteiger partial charge < -0.3 is 15.0 Å². The smallest absolute Gasteiger partial charge is 0.253 e. The fourth-order valence-electron chi connectivity index (χ4n) is 2.96. The number of methoxy groups -OCH3 is 1. The summed E-state index contributed by atoms with van der Waals surface area (Å²) in [6.45, 7) is 5.21. The van der Waals surface area contributed by atoms with Crippen LogP contribution in [0.3, 0.4) is 0 Å². The predicted octanol–water partition coefficient (Wildman–Crippen LogP) is 3.49. The topological polar surface area (TPSA) is 89.4 Å². The van der Waals surface area contributed by atoms with E-state index in [2.05, 4.69) is 15.5 Å². The molecule has 3 aromatic rings. The molecule has 0 spiro atoms. The number of rotatable bonds is 9. The largest absolute Gasteiger partial charge is 0.497 e. The Kier molecular flexibility index (Phi) is 7.66. The van der Waals surface area contributed by atoms with Crippen LogP contribution in [0.5, 0.6) is 5.75 Å². The molecule has 0 saturated heterocycles. The number of carbonyl (C=O) groups excluding carboxylic acids is 2. The lowest BCUT2D eigenvalue weighted by Gasteiger charge is -2.18. The van der Waals surface area contributed by atoms with E-state index in [-0.39, 0.29) is 17.6 Å². The van der Waals surface area contributed by atoms with Gasteiger partial charge in [-0.1, -0.05) is 11.8 Å². The molecule has 31 heavy (non-hydrogen) atoms. The van der Waals surface area contributed by atoms with Crippen LogP contribution in [0.4, 0.5) is 5.69 Å². The molecule has 9 heteroatoms. The lowest BCUT2D eigenvalue weighted by atomic mass is 10.2. The van der Waals surface area contributed by atoms with Crippen molar-refractivity contribution in [2.75, 3.05) is 31.3 Å². The molecule has 3 rings (SSSR count). The van der Waals surface area contributed by atoms with Crippen molar-refractivity contribution < 1.29 is 14.3 Å². The zero-order valence-corrected chi connectivity index (χ0v) is 18.6. The third kappa shape index (κ3) is 5.64. The van der Waals surface area contributed by atoms with Crippen molar-refractivity contribution in [1.29, 1.82) is 0 Å². The number of carbonyl (C=O) groups is 2. The normalized spacial score (nSPS) is 10.5. The van der Waals surface area contributed by atoms with Crippen molar-refractivity contribution in [2.45, 2.75) is 19.0 Å². The summed E-state index contributed by atoms with van der Waals surface area (Å²) in [6, 6.07) is 14.4. The highest BCUT2D eigenvalue weighted by Gasteiger charge is 2.13. The van der Waals surface area contributed by atoms with Crippen LogP contribution in [-0.2, 0) is 4.79 Å². The molecule has 162 valence electrons. The molecule has 0 atom stereocenters. The average molecular weight is 440 g/mol. The summed E-state index contributed by atoms with van der Waals surface area (Å²) in [4.78, 5) is 26.5. The lowest BCUT2D eigenvalue weighted by Crippen LogP contribution is -2.30. The molecular formula is C22H25N5O3S. The van der Waals surface area contributed by atoms with Crippen LogP contribution in [-0.4, -0.2) is 57.4 Å². The van der Waals surface area contributed by atoms with Crippen molar-refractivity contribution in [1.82, 2.24) is 19.7 Å². The summed E-state index contributed by atoms with van der Waals surface area (Å²) < 4.78 is 6.99. The molecule has 1 N–H and O–H groups in total. The van der Waals surface area contributed by atoms with Crippen molar-refractivity contribution in [3.8, 4) is 11.4 Å². The number of ether oxygens (including phenoxy) is 1. The van der Waals surface area contributed by atoms with E-state index in [9.17, 15) is 9.59 Å². The van der Waals surface area contributed by atoms with Crippen LogP contribution in [0.25, 0.3) is 5.69 Å². The first-order chi connectivity index (χ1) is 15.0. The van der Waals surface area contributed by atoms with Crippen molar-refractivity contribution >= 4 is 29.3 Å². The Morgan fingerprint density at radius 3 is 2.35 bits per heavy atom. The highest BCUT2D eigenvalue weighted by atomic mass is 32.2. The Labute approximate surface area is 185 Å². The molecule has 8 nitrogen and oxygen atoms in total. The first-order valence-electron chi connectivity index (χ1n) is 9.92. The van der Waals surface area contributed by atoms with Gasteiger partial charge in [0.2, 0.25) is 5.91 Å². The van der Waals surface area contributed by atoms with E-state index in [1.54, 1.807) is 42.6 Å². The third-order valence-electron chi connectivity index (χ3n) is 4.67. The molecule has 0 radical (unpaired) electrons. The minimum atomic E-state index is -0.169. The average Bonchev–Trinajstić information content (AvgIpc) is 3.27. The number of hydrogen-bond donors (Lipinski definition) is 1. The Balaban J connectivity index is 1.57. The fraction of sp³-hybridized carbons (Fsp3) is 0.273. The number of nitrogens with zero attached hydrogens (tertiary/aromatic N) is 4. The predicted molar refractivity (Wildman–Crippen MR) is 121 cm³/mol. The number of anilines is 1. The van der Waals surface area contributed by atoms with Gasteiger partial charge in [0.25, 0.3) is 5.91 Å². The highest BCUT2D eigenvalue weighted by molar-refractivity contribution is 7.99. The molecule has 2 aromatic carbocycles. The highest BCUT2D eigenvalue weighted by Crippen LogP contribution is 2.22. The van der Waals surface area contributed by atoms with Gasteiger partial charge in [0.05, 0.1) is 12.9 Å². The lowest BCUT2D eigenvalue weighted by molar-refractivity contribution is -0.113. The zero-order chi connectivity index (χ0) is 22.2. The van der Waals surface area contributed by atoms with Crippen LogP contribution >= 0.6 is 11.8 Å². The van der Waals surface area contributed by atoms with Crippen LogP contribution < -0.4 is 10.1 Å². The van der Waals surface area contributed by atoms with E-state index in [1.807, 2.05) is 42.7 Å². The van der Waals surface area contributed by atoms with Gasteiger partial charge in [0.1, 0.15) is 12.1 Å². The van der Waals surface area contributed by atoms with Gasteiger partial charge in [0.15, 0.2) is 5.16 Å². The van der Waals surface area contributed by atoms with E-state index in [0.29, 0.717) is 29.5 Å². The molecule has 1 heterocycles. The quantitative estimate of drug-likeness (QED) is 0.514. The Bertz CT molecular complexity index is 1010.